The smallest absolute Gasteiger partial charge is 0.340 e. The molecule has 11 heteroatoms. The number of nitrogens with one attached hydrogen (secondary N) is 2. The first-order chi connectivity index (χ1) is 17.2. The predicted octanol–water partition coefficient (Wildman–Crippen LogP) is 5.97. The van der Waals surface area contributed by atoms with Crippen LogP contribution in [0.3, 0.4) is 0 Å². The third kappa shape index (κ3) is 6.55. The Balaban J connectivity index is 1.51. The maximum Gasteiger partial charge on any atom is 0.416 e. The molecule has 0 aliphatic heterocycles. The van der Waals surface area contributed by atoms with E-state index in [0.717, 1.165) is 39.9 Å². The zero-order chi connectivity index (χ0) is 25.7. The largest absolute Gasteiger partial charge is 0.416 e. The minimum absolute atomic E-state index is 0.00159. The Morgan fingerprint density at radius 2 is 1.67 bits per heavy atom. The fourth-order valence-electron chi connectivity index (χ4n) is 3.32. The number of carbonyl (C=O) groups excluding carboxylic acids is 2. The first-order valence-corrected chi connectivity index (χ1v) is 12.2. The summed E-state index contributed by atoms with van der Waals surface area (Å²) in [4.78, 5) is 25.9. The lowest BCUT2D eigenvalue weighted by atomic mass is 10.0. The number of aromatic nitrogens is 2. The van der Waals surface area contributed by atoms with Crippen LogP contribution in [-0.4, -0.2) is 28.1 Å². The van der Waals surface area contributed by atoms with Crippen molar-refractivity contribution in [2.45, 2.75) is 18.6 Å². The number of amides is 2. The molecule has 6 nitrogen and oxygen atoms in total. The number of anilines is 1. The molecule has 1 unspecified atom stereocenters. The Kier molecular flexibility index (Phi) is 7.80. The van der Waals surface area contributed by atoms with Crippen molar-refractivity contribution in [3.63, 3.8) is 0 Å². The van der Waals surface area contributed by atoms with Crippen LogP contribution < -0.4 is 10.6 Å². The zero-order valence-electron chi connectivity index (χ0n) is 18.4. The summed E-state index contributed by atoms with van der Waals surface area (Å²) in [5.74, 6) is -1.21. The van der Waals surface area contributed by atoms with E-state index in [0.29, 0.717) is 5.01 Å². The van der Waals surface area contributed by atoms with Gasteiger partial charge in [-0.1, -0.05) is 69.7 Å². The summed E-state index contributed by atoms with van der Waals surface area (Å²) in [7, 11) is 0. The van der Waals surface area contributed by atoms with Crippen molar-refractivity contribution in [3.8, 4) is 10.6 Å². The summed E-state index contributed by atoms with van der Waals surface area (Å²) < 4.78 is 39.4. The van der Waals surface area contributed by atoms with Crippen LogP contribution in [-0.2, 0) is 17.4 Å². The number of hydrogen-bond acceptors (Lipinski definition) is 5. The molecule has 0 spiro atoms. The fraction of sp³-hybridized carbons (Fsp3) is 0.120. The topological polar surface area (TPSA) is 84.0 Å². The monoisotopic (exact) mass is 574 g/mol. The van der Waals surface area contributed by atoms with Crippen LogP contribution in [0.2, 0.25) is 0 Å². The molecule has 0 bridgehead atoms. The molecular weight excluding hydrogens is 557 g/mol. The van der Waals surface area contributed by atoms with Crippen LogP contribution in [0.15, 0.2) is 83.3 Å². The molecule has 0 aliphatic carbocycles. The molecule has 1 atom stereocenters. The Labute approximate surface area is 216 Å². The van der Waals surface area contributed by atoms with Crippen molar-refractivity contribution >= 4 is 44.2 Å². The molecule has 4 aromatic rings. The SMILES string of the molecule is O=C(NC(Cc1ccccc1)C(=O)Nc1nnc(-c2cccc(Br)c2)s1)c1ccc(C(F)(F)F)cc1. The van der Waals surface area contributed by atoms with Crippen LogP contribution in [0.1, 0.15) is 21.5 Å². The van der Waals surface area contributed by atoms with Crippen LogP contribution in [0.5, 0.6) is 0 Å². The van der Waals surface area contributed by atoms with Gasteiger partial charge in [0.2, 0.25) is 11.0 Å². The fourth-order valence-corrected chi connectivity index (χ4v) is 4.46. The number of hydrogen-bond donors (Lipinski definition) is 2. The van der Waals surface area contributed by atoms with Crippen LogP contribution >= 0.6 is 27.3 Å². The molecule has 184 valence electrons. The van der Waals surface area contributed by atoms with Crippen molar-refractivity contribution in [2.24, 2.45) is 0 Å². The second kappa shape index (κ2) is 11.0. The second-order valence-electron chi connectivity index (χ2n) is 7.70. The molecule has 0 saturated carbocycles. The number of benzene rings is 3. The van der Waals surface area contributed by atoms with E-state index in [1.807, 2.05) is 30.3 Å². The summed E-state index contributed by atoms with van der Waals surface area (Å²) in [6.07, 6.45) is -4.35. The Morgan fingerprint density at radius 3 is 2.33 bits per heavy atom. The van der Waals surface area contributed by atoms with Gasteiger partial charge in [0, 0.05) is 22.0 Å². The summed E-state index contributed by atoms with van der Waals surface area (Å²) in [5.41, 5.74) is 0.744. The predicted molar refractivity (Wildman–Crippen MR) is 135 cm³/mol. The van der Waals surface area contributed by atoms with Gasteiger partial charge in [0.15, 0.2) is 0 Å². The van der Waals surface area contributed by atoms with Gasteiger partial charge in [0.05, 0.1) is 5.56 Å². The molecule has 0 saturated heterocycles. The van der Waals surface area contributed by atoms with E-state index in [1.54, 1.807) is 24.3 Å². The van der Waals surface area contributed by atoms with Gasteiger partial charge in [-0.25, -0.2) is 0 Å². The molecule has 4 rings (SSSR count). The number of carbonyl (C=O) groups is 2. The number of alkyl halides is 3. The highest BCUT2D eigenvalue weighted by Gasteiger charge is 2.30. The molecule has 0 fully saturated rings. The van der Waals surface area contributed by atoms with Crippen LogP contribution in [0.4, 0.5) is 18.3 Å². The average molecular weight is 575 g/mol. The lowest BCUT2D eigenvalue weighted by molar-refractivity contribution is -0.137. The highest BCUT2D eigenvalue weighted by atomic mass is 79.9. The van der Waals surface area contributed by atoms with E-state index in [9.17, 15) is 22.8 Å². The van der Waals surface area contributed by atoms with Gasteiger partial charge in [-0.15, -0.1) is 10.2 Å². The van der Waals surface area contributed by atoms with Crippen molar-refractivity contribution in [2.75, 3.05) is 5.32 Å². The maximum atomic E-state index is 13.1. The normalized spacial score (nSPS) is 12.1. The molecule has 1 aromatic heterocycles. The zero-order valence-corrected chi connectivity index (χ0v) is 20.8. The third-order valence-corrected chi connectivity index (χ3v) is 6.49. The Bertz CT molecular complexity index is 1360. The van der Waals surface area contributed by atoms with Gasteiger partial charge in [0.1, 0.15) is 11.0 Å². The third-order valence-electron chi connectivity index (χ3n) is 5.11. The first kappa shape index (κ1) is 25.5. The maximum absolute atomic E-state index is 13.1. The highest BCUT2D eigenvalue weighted by Crippen LogP contribution is 2.30. The summed E-state index contributed by atoms with van der Waals surface area (Å²) in [6, 6.07) is 19.3. The molecule has 0 radical (unpaired) electrons. The number of halogens is 4. The van der Waals surface area contributed by atoms with E-state index < -0.39 is 29.6 Å². The van der Waals surface area contributed by atoms with Gasteiger partial charge >= 0.3 is 6.18 Å². The highest BCUT2D eigenvalue weighted by molar-refractivity contribution is 9.10. The summed E-state index contributed by atoms with van der Waals surface area (Å²) in [5, 5.41) is 14.3. The van der Waals surface area contributed by atoms with Crippen LogP contribution in [0, 0.1) is 0 Å². The first-order valence-electron chi connectivity index (χ1n) is 10.6. The summed E-state index contributed by atoms with van der Waals surface area (Å²) in [6.45, 7) is 0. The average Bonchev–Trinajstić information content (AvgIpc) is 3.32. The molecular formula is C25H18BrF3N4O2S. The van der Waals surface area contributed by atoms with E-state index in [1.165, 1.54) is 11.3 Å². The van der Waals surface area contributed by atoms with E-state index in [4.69, 9.17) is 0 Å². The minimum Gasteiger partial charge on any atom is -0.340 e. The van der Waals surface area contributed by atoms with Gasteiger partial charge < -0.3 is 5.32 Å². The molecule has 3 aromatic carbocycles. The number of nitrogens with zero attached hydrogens (tertiary/aromatic N) is 2. The van der Waals surface area contributed by atoms with Crippen molar-refractivity contribution in [3.05, 3.63) is 100 Å². The standard InChI is InChI=1S/C25H18BrF3N4O2S/c26-19-8-4-7-17(14-19)23-32-33-24(36-23)31-22(35)20(13-15-5-2-1-3-6-15)30-21(34)16-9-11-18(12-10-16)25(27,28)29/h1-12,14,20H,13H2,(H,30,34)(H,31,33,35). The molecule has 2 N–H and O–H groups in total. The van der Waals surface area contributed by atoms with E-state index >= 15 is 0 Å². The van der Waals surface area contributed by atoms with E-state index in [-0.39, 0.29) is 17.1 Å². The lowest BCUT2D eigenvalue weighted by Crippen LogP contribution is -2.45. The van der Waals surface area contributed by atoms with Gasteiger partial charge in [0.25, 0.3) is 5.91 Å². The van der Waals surface area contributed by atoms with Crippen LogP contribution in [0.25, 0.3) is 10.6 Å². The molecule has 2 amide bonds. The Morgan fingerprint density at radius 1 is 0.944 bits per heavy atom. The van der Waals surface area contributed by atoms with Gasteiger partial charge in [-0.2, -0.15) is 13.2 Å². The summed E-state index contributed by atoms with van der Waals surface area (Å²) >= 11 is 4.58. The number of rotatable bonds is 7. The Hall–Kier alpha value is -3.57. The van der Waals surface area contributed by atoms with E-state index in [2.05, 4.69) is 36.8 Å². The molecule has 36 heavy (non-hydrogen) atoms. The van der Waals surface area contributed by atoms with Gasteiger partial charge in [-0.05, 0) is 42.0 Å². The molecule has 0 aliphatic rings. The van der Waals surface area contributed by atoms with Gasteiger partial charge in [-0.3, -0.25) is 14.9 Å². The quantitative estimate of drug-likeness (QED) is 0.285. The van der Waals surface area contributed by atoms with Crippen molar-refractivity contribution < 1.29 is 22.8 Å². The minimum atomic E-state index is -4.51. The van der Waals surface area contributed by atoms with Crippen molar-refractivity contribution in [1.29, 1.82) is 0 Å². The second-order valence-corrected chi connectivity index (χ2v) is 9.60. The molecule has 1 heterocycles. The lowest BCUT2D eigenvalue weighted by Gasteiger charge is -2.18. The van der Waals surface area contributed by atoms with Crippen molar-refractivity contribution in [1.82, 2.24) is 15.5 Å².